The second-order valence-corrected chi connectivity index (χ2v) is 10.5. The van der Waals surface area contributed by atoms with Gasteiger partial charge in [-0.1, -0.05) is 20.8 Å². The van der Waals surface area contributed by atoms with Gasteiger partial charge in [-0.2, -0.15) is 4.72 Å². The molecule has 35 heavy (non-hydrogen) atoms. The molecule has 1 aliphatic rings. The lowest BCUT2D eigenvalue weighted by Gasteiger charge is -2.21. The standard InChI is InChI=1S/C25H33N3O6S/c1-6-24(29)28-10-9-17-12-21(7-8-23(17)28)35(31,32)27-22(11-16(2)3)25(30)26-18-13-19(33-4)15-20(14-18)34-5/h7-8,12-16,22,27H,6,9-11H2,1-5H3,(H,26,30). The Morgan fingerprint density at radius 1 is 1.06 bits per heavy atom. The van der Waals surface area contributed by atoms with E-state index < -0.39 is 22.0 Å². The highest BCUT2D eigenvalue weighted by Crippen LogP contribution is 2.31. The fourth-order valence-electron chi connectivity index (χ4n) is 4.04. The minimum Gasteiger partial charge on any atom is -0.497 e. The Kier molecular flexibility index (Phi) is 8.39. The SMILES string of the molecule is CCC(=O)N1CCc2cc(S(=O)(=O)NC(CC(C)C)C(=O)Nc3cc(OC)cc(OC)c3)ccc21. The maximum absolute atomic E-state index is 13.2. The van der Waals surface area contributed by atoms with Gasteiger partial charge in [-0.15, -0.1) is 0 Å². The summed E-state index contributed by atoms with van der Waals surface area (Å²) in [6.07, 6.45) is 1.26. The number of rotatable bonds is 10. The van der Waals surface area contributed by atoms with Crippen LogP contribution in [-0.2, 0) is 26.0 Å². The first-order valence-electron chi connectivity index (χ1n) is 11.6. The molecule has 0 radical (unpaired) electrons. The second-order valence-electron chi connectivity index (χ2n) is 8.83. The van der Waals surface area contributed by atoms with Crippen molar-refractivity contribution >= 4 is 33.2 Å². The number of carbonyl (C=O) groups is 2. The van der Waals surface area contributed by atoms with Crippen molar-refractivity contribution in [2.24, 2.45) is 5.92 Å². The lowest BCUT2D eigenvalue weighted by molar-refractivity contribution is -0.118. The lowest BCUT2D eigenvalue weighted by atomic mass is 10.0. The maximum atomic E-state index is 13.2. The lowest BCUT2D eigenvalue weighted by Crippen LogP contribution is -2.44. The van der Waals surface area contributed by atoms with E-state index >= 15 is 0 Å². The van der Waals surface area contributed by atoms with E-state index in [0.29, 0.717) is 43.0 Å². The fourth-order valence-corrected chi connectivity index (χ4v) is 5.30. The largest absolute Gasteiger partial charge is 0.497 e. The van der Waals surface area contributed by atoms with E-state index in [-0.39, 0.29) is 16.7 Å². The minimum absolute atomic E-state index is 0.000300. The number of amides is 2. The zero-order valence-corrected chi connectivity index (χ0v) is 21.6. The number of sulfonamides is 1. The molecule has 0 saturated carbocycles. The molecule has 1 unspecified atom stereocenters. The van der Waals surface area contributed by atoms with Gasteiger partial charge in [-0.3, -0.25) is 9.59 Å². The normalized spacial score (nSPS) is 13.9. The van der Waals surface area contributed by atoms with Crippen LogP contribution in [0.4, 0.5) is 11.4 Å². The van der Waals surface area contributed by atoms with Gasteiger partial charge in [0.25, 0.3) is 0 Å². The van der Waals surface area contributed by atoms with Crippen LogP contribution in [0.5, 0.6) is 11.5 Å². The van der Waals surface area contributed by atoms with Crippen molar-refractivity contribution < 1.29 is 27.5 Å². The van der Waals surface area contributed by atoms with Crippen molar-refractivity contribution in [1.82, 2.24) is 4.72 Å². The molecule has 2 amide bonds. The van der Waals surface area contributed by atoms with Gasteiger partial charge in [0.05, 0.1) is 19.1 Å². The van der Waals surface area contributed by atoms with Crippen LogP contribution in [0.1, 0.15) is 39.2 Å². The highest BCUT2D eigenvalue weighted by molar-refractivity contribution is 7.89. The van der Waals surface area contributed by atoms with Gasteiger partial charge < -0.3 is 19.7 Å². The van der Waals surface area contributed by atoms with Crippen molar-refractivity contribution in [2.45, 2.75) is 51.0 Å². The van der Waals surface area contributed by atoms with Crippen LogP contribution in [0.3, 0.4) is 0 Å². The number of fused-ring (bicyclic) bond motifs is 1. The third-order valence-electron chi connectivity index (χ3n) is 5.80. The second kappa shape index (κ2) is 11.1. The first-order chi connectivity index (χ1) is 16.6. The summed E-state index contributed by atoms with van der Waals surface area (Å²) in [5.41, 5.74) is 1.96. The van der Waals surface area contributed by atoms with Crippen LogP contribution in [0.2, 0.25) is 0 Å². The Morgan fingerprint density at radius 2 is 1.71 bits per heavy atom. The summed E-state index contributed by atoms with van der Waals surface area (Å²) >= 11 is 0. The molecule has 1 atom stereocenters. The summed E-state index contributed by atoms with van der Waals surface area (Å²) in [5, 5.41) is 2.77. The molecule has 1 heterocycles. The fraction of sp³-hybridized carbons (Fsp3) is 0.440. The molecule has 2 aromatic rings. The number of nitrogens with zero attached hydrogens (tertiary/aromatic N) is 1. The molecule has 2 N–H and O–H groups in total. The molecule has 0 aliphatic carbocycles. The molecular weight excluding hydrogens is 470 g/mol. The predicted molar refractivity (Wildman–Crippen MR) is 135 cm³/mol. The molecule has 0 aromatic heterocycles. The topological polar surface area (TPSA) is 114 Å². The first-order valence-corrected chi connectivity index (χ1v) is 13.1. The number of benzene rings is 2. The number of anilines is 2. The Labute approximate surface area is 206 Å². The quantitative estimate of drug-likeness (QED) is 0.514. The molecule has 2 aromatic carbocycles. The smallest absolute Gasteiger partial charge is 0.242 e. The zero-order chi connectivity index (χ0) is 25.8. The van der Waals surface area contributed by atoms with Gasteiger partial charge in [0.2, 0.25) is 21.8 Å². The molecule has 1 aliphatic heterocycles. The van der Waals surface area contributed by atoms with Gasteiger partial charge in [-0.25, -0.2) is 8.42 Å². The van der Waals surface area contributed by atoms with Crippen LogP contribution in [-0.4, -0.2) is 47.0 Å². The van der Waals surface area contributed by atoms with Gasteiger partial charge >= 0.3 is 0 Å². The van der Waals surface area contributed by atoms with Crippen molar-refractivity contribution in [2.75, 3.05) is 31.0 Å². The molecular formula is C25H33N3O6S. The number of nitrogens with one attached hydrogen (secondary N) is 2. The average molecular weight is 504 g/mol. The highest BCUT2D eigenvalue weighted by atomic mass is 32.2. The maximum Gasteiger partial charge on any atom is 0.242 e. The Bertz CT molecular complexity index is 1170. The first kappa shape index (κ1) is 26.5. The van der Waals surface area contributed by atoms with Gasteiger partial charge in [0.1, 0.15) is 17.5 Å². The predicted octanol–water partition coefficient (Wildman–Crippen LogP) is 3.33. The summed E-state index contributed by atoms with van der Waals surface area (Å²) in [7, 11) is -0.989. The third kappa shape index (κ3) is 6.32. The van der Waals surface area contributed by atoms with Gasteiger partial charge in [0.15, 0.2) is 0 Å². The van der Waals surface area contributed by atoms with Crippen LogP contribution >= 0.6 is 0 Å². The molecule has 0 fully saturated rings. The summed E-state index contributed by atoms with van der Waals surface area (Å²) in [4.78, 5) is 27.0. The van der Waals surface area contributed by atoms with Crippen LogP contribution in [0.25, 0.3) is 0 Å². The monoisotopic (exact) mass is 503 g/mol. The molecule has 0 saturated heterocycles. The number of hydrogen-bond donors (Lipinski definition) is 2. The van der Waals surface area contributed by atoms with Gasteiger partial charge in [0, 0.05) is 42.5 Å². The van der Waals surface area contributed by atoms with Crippen molar-refractivity contribution in [1.29, 1.82) is 0 Å². The Morgan fingerprint density at radius 3 is 2.29 bits per heavy atom. The number of hydrogen-bond acceptors (Lipinski definition) is 6. The molecule has 0 spiro atoms. The van der Waals surface area contributed by atoms with E-state index in [0.717, 1.165) is 11.3 Å². The van der Waals surface area contributed by atoms with E-state index in [1.807, 2.05) is 13.8 Å². The number of methoxy groups -OCH3 is 2. The number of carbonyl (C=O) groups excluding carboxylic acids is 2. The summed E-state index contributed by atoms with van der Waals surface area (Å²) < 4.78 is 39.5. The van der Waals surface area contributed by atoms with Crippen LogP contribution in [0.15, 0.2) is 41.3 Å². The van der Waals surface area contributed by atoms with Crippen molar-refractivity contribution in [3.05, 3.63) is 42.0 Å². The summed E-state index contributed by atoms with van der Waals surface area (Å²) in [6.45, 7) is 6.15. The van der Waals surface area contributed by atoms with E-state index in [2.05, 4.69) is 10.0 Å². The number of ether oxygens (including phenoxy) is 2. The molecule has 0 bridgehead atoms. The van der Waals surface area contributed by atoms with E-state index in [1.54, 1.807) is 42.2 Å². The van der Waals surface area contributed by atoms with E-state index in [9.17, 15) is 18.0 Å². The van der Waals surface area contributed by atoms with E-state index in [1.165, 1.54) is 20.3 Å². The van der Waals surface area contributed by atoms with Gasteiger partial charge in [-0.05, 0) is 42.5 Å². The average Bonchev–Trinajstić information content (AvgIpc) is 3.25. The van der Waals surface area contributed by atoms with E-state index in [4.69, 9.17) is 9.47 Å². The van der Waals surface area contributed by atoms with Crippen LogP contribution in [0, 0.1) is 5.92 Å². The van der Waals surface area contributed by atoms with Crippen LogP contribution < -0.4 is 24.4 Å². The highest BCUT2D eigenvalue weighted by Gasteiger charge is 2.29. The van der Waals surface area contributed by atoms with Crippen molar-refractivity contribution in [3.8, 4) is 11.5 Å². The molecule has 3 rings (SSSR count). The zero-order valence-electron chi connectivity index (χ0n) is 20.8. The Balaban J connectivity index is 1.83. The molecule has 9 nitrogen and oxygen atoms in total. The summed E-state index contributed by atoms with van der Waals surface area (Å²) in [6, 6.07) is 8.65. The summed E-state index contributed by atoms with van der Waals surface area (Å²) in [5.74, 6) is 0.560. The van der Waals surface area contributed by atoms with Crippen molar-refractivity contribution in [3.63, 3.8) is 0 Å². The Hall–Kier alpha value is -3.11. The molecule has 10 heteroatoms. The minimum atomic E-state index is -4.00. The molecule has 190 valence electrons. The third-order valence-corrected chi connectivity index (χ3v) is 7.27.